The quantitative estimate of drug-likeness (QED) is 0.282. The van der Waals surface area contributed by atoms with Crippen molar-refractivity contribution in [2.45, 2.75) is 104 Å². The van der Waals surface area contributed by atoms with Gasteiger partial charge in [0.2, 0.25) is 0 Å². The first-order chi connectivity index (χ1) is 11.1. The van der Waals surface area contributed by atoms with Crippen molar-refractivity contribution in [2.75, 3.05) is 20.4 Å². The van der Waals surface area contributed by atoms with E-state index in [1.807, 2.05) is 0 Å². The minimum atomic E-state index is 0. The summed E-state index contributed by atoms with van der Waals surface area (Å²) in [5, 5.41) is 8.75. The molecule has 0 aromatic heterocycles. The Morgan fingerprint density at radius 2 is 1.32 bits per heavy atom. The predicted octanol–water partition coefficient (Wildman–Crippen LogP) is 7.12. The molecule has 0 heterocycles. The van der Waals surface area contributed by atoms with Crippen LogP contribution in [-0.2, 0) is 4.74 Å². The maximum atomic E-state index is 5.01. The Hall–Kier alpha value is 1.07. The van der Waals surface area contributed by atoms with Gasteiger partial charge in [0.1, 0.15) is 0 Å². The fraction of sp³-hybridized carbons (Fsp3) is 0.952. The Balaban J connectivity index is -0.000000340. The van der Waals surface area contributed by atoms with Crippen molar-refractivity contribution >= 4 is 0 Å². The van der Waals surface area contributed by atoms with Gasteiger partial charge in [-0.1, -0.05) is 80.1 Å². The maximum absolute atomic E-state index is 5.01. The van der Waals surface area contributed by atoms with Crippen molar-refractivity contribution in [1.82, 2.24) is 0 Å². The Morgan fingerprint density at radius 1 is 0.880 bits per heavy atom. The van der Waals surface area contributed by atoms with E-state index in [0.717, 1.165) is 12.5 Å². The summed E-state index contributed by atoms with van der Waals surface area (Å²) in [5.74, 6) is 1.06. The third kappa shape index (κ3) is 27.4. The van der Waals surface area contributed by atoms with Gasteiger partial charge in [-0.15, -0.1) is 11.1 Å². The first-order valence-corrected chi connectivity index (χ1v) is 9.71. The van der Waals surface area contributed by atoms with Crippen LogP contribution in [0.1, 0.15) is 93.4 Å². The molecule has 3 nitrogen and oxygen atoms in total. The van der Waals surface area contributed by atoms with Crippen molar-refractivity contribution in [3.05, 3.63) is 17.6 Å². The third-order valence-electron chi connectivity index (χ3n) is 3.78. The number of rotatable bonds is 7. The molecule has 1 saturated carbocycles. The summed E-state index contributed by atoms with van der Waals surface area (Å²) >= 11 is 0. The summed E-state index contributed by atoms with van der Waals surface area (Å²) in [4.78, 5) is 0. The normalized spacial score (nSPS) is 14.8. The van der Waals surface area contributed by atoms with Crippen LogP contribution in [0.5, 0.6) is 0 Å². The average Bonchev–Trinajstić information content (AvgIpc) is 2.97. The van der Waals surface area contributed by atoms with E-state index in [1.165, 1.54) is 44.9 Å². The second-order valence-electron chi connectivity index (χ2n) is 8.44. The zero-order chi connectivity index (χ0) is 19.1. The van der Waals surface area contributed by atoms with E-state index in [0.29, 0.717) is 6.67 Å². The molecule has 0 aromatic rings. The van der Waals surface area contributed by atoms with Crippen LogP contribution in [0, 0.1) is 48.4 Å². The van der Waals surface area contributed by atoms with Crippen molar-refractivity contribution in [3.8, 4) is 0 Å². The van der Waals surface area contributed by atoms with Crippen LogP contribution >= 0.6 is 0 Å². The van der Waals surface area contributed by atoms with Crippen molar-refractivity contribution < 1.29 is 40.3 Å². The average molecular weight is 481 g/mol. The molecule has 1 aliphatic carbocycles. The molecule has 0 bridgehead atoms. The van der Waals surface area contributed by atoms with E-state index in [2.05, 4.69) is 59.1 Å². The molecular formula is C21H45LaN2O. The summed E-state index contributed by atoms with van der Waals surface area (Å²) in [6.45, 7) is 19.1. The Labute approximate surface area is 187 Å². The van der Waals surface area contributed by atoms with Gasteiger partial charge in [0.15, 0.2) is 0 Å². The molecule has 1 fully saturated rings. The van der Waals surface area contributed by atoms with Gasteiger partial charge in [0, 0.05) is 13.7 Å². The number of ether oxygens (including phenoxy) is 1. The number of unbranched alkanes of at least 4 members (excludes halogenated alkanes) is 1. The van der Waals surface area contributed by atoms with Gasteiger partial charge < -0.3 is 22.3 Å². The smallest absolute Gasteiger partial charge is 0.676 e. The van der Waals surface area contributed by atoms with Crippen molar-refractivity contribution in [1.29, 1.82) is 0 Å². The van der Waals surface area contributed by atoms with Crippen molar-refractivity contribution in [3.63, 3.8) is 0 Å². The predicted molar refractivity (Wildman–Crippen MR) is 110 cm³/mol. The van der Waals surface area contributed by atoms with Gasteiger partial charge in [0.05, 0.1) is 0 Å². The van der Waals surface area contributed by atoms with Crippen LogP contribution < -0.4 is 0 Å². The molecule has 0 N–H and O–H groups in total. The second-order valence-corrected chi connectivity index (χ2v) is 8.44. The first-order valence-electron chi connectivity index (χ1n) is 9.71. The molecule has 0 saturated heterocycles. The summed E-state index contributed by atoms with van der Waals surface area (Å²) in [6, 6.07) is 0. The summed E-state index contributed by atoms with van der Waals surface area (Å²) in [5.41, 5.74) is 0.101. The Kier molecular flexibility index (Phi) is 22.7. The van der Waals surface area contributed by atoms with E-state index < -0.39 is 0 Å². The summed E-state index contributed by atoms with van der Waals surface area (Å²) in [7, 11) is 1.79. The van der Waals surface area contributed by atoms with Crippen LogP contribution in [0.15, 0.2) is 0 Å². The van der Waals surface area contributed by atoms with Crippen LogP contribution in [0.4, 0.5) is 0 Å². The van der Waals surface area contributed by atoms with E-state index in [-0.39, 0.29) is 46.7 Å². The fourth-order valence-corrected chi connectivity index (χ4v) is 2.44. The molecule has 1 aliphatic rings. The van der Waals surface area contributed by atoms with E-state index in [9.17, 15) is 0 Å². The largest absolute Gasteiger partial charge is 3.00 e. The molecule has 0 amide bonds. The Morgan fingerprint density at radius 3 is 1.68 bits per heavy atom. The van der Waals surface area contributed by atoms with E-state index >= 15 is 0 Å². The summed E-state index contributed by atoms with van der Waals surface area (Å²) in [6.07, 6.45) is 10.0. The van der Waals surface area contributed by atoms with Crippen LogP contribution in [-0.4, -0.2) is 31.5 Å². The Bertz CT molecular complexity index is 240. The minimum absolute atomic E-state index is 0. The second kappa shape index (κ2) is 18.4. The van der Waals surface area contributed by atoms with Crippen LogP contribution in [0.2, 0.25) is 0 Å². The molecule has 4 heteroatoms. The number of hydrogen-bond acceptors (Lipinski definition) is 1. The number of hydrogen-bond donors (Lipinski definition) is 0. The molecule has 0 atom stereocenters. The maximum Gasteiger partial charge on any atom is 3.00 e. The molecule has 0 aliphatic heterocycles. The molecule has 1 rings (SSSR count). The SMILES string of the molecule is CC(C)(C)[N-]C[N-]C(C)(C)C.COCCCCC1CCCC1.[CH2-]C.[La+3]. The fourth-order valence-electron chi connectivity index (χ4n) is 2.44. The molecule has 0 unspecified atom stereocenters. The van der Waals surface area contributed by atoms with Gasteiger partial charge in [-0.05, 0) is 12.3 Å². The molecule has 25 heavy (non-hydrogen) atoms. The van der Waals surface area contributed by atoms with Gasteiger partial charge in [-0.3, -0.25) is 6.67 Å². The van der Waals surface area contributed by atoms with Gasteiger partial charge >= 0.3 is 35.6 Å². The van der Waals surface area contributed by atoms with E-state index in [4.69, 9.17) is 4.74 Å². The summed E-state index contributed by atoms with van der Waals surface area (Å²) < 4.78 is 5.01. The van der Waals surface area contributed by atoms with Gasteiger partial charge in [0.25, 0.3) is 0 Å². The first kappa shape index (κ1) is 30.8. The molecule has 0 radical (unpaired) electrons. The van der Waals surface area contributed by atoms with Crippen LogP contribution in [0.3, 0.4) is 0 Å². The molecule has 0 spiro atoms. The van der Waals surface area contributed by atoms with Crippen LogP contribution in [0.25, 0.3) is 10.6 Å². The monoisotopic (exact) mass is 480 g/mol. The zero-order valence-electron chi connectivity index (χ0n) is 18.5. The van der Waals surface area contributed by atoms with Gasteiger partial charge in [-0.2, -0.15) is 6.92 Å². The van der Waals surface area contributed by atoms with Gasteiger partial charge in [-0.25, -0.2) is 0 Å². The minimum Gasteiger partial charge on any atom is -0.676 e. The van der Waals surface area contributed by atoms with E-state index in [1.54, 1.807) is 14.0 Å². The molecule has 148 valence electrons. The topological polar surface area (TPSA) is 37.4 Å². The third-order valence-corrected chi connectivity index (χ3v) is 3.78. The molecule has 0 aromatic carbocycles. The zero-order valence-corrected chi connectivity index (χ0v) is 22.2. The van der Waals surface area contributed by atoms with Crippen molar-refractivity contribution in [2.24, 2.45) is 5.92 Å². The number of nitrogens with zero attached hydrogens (tertiary/aromatic N) is 2. The number of methoxy groups -OCH3 is 1. The molecular weight excluding hydrogens is 435 g/mol. The standard InChI is InChI=1S/C10H20O.C9H20N2.C2H5.La/c1-11-9-5-4-8-10-6-2-3-7-10;1-8(2,3)10-7-11-9(4,5)6;1-2;/h10H,2-9H2,1H3;7H2,1-6H3;1H2,2H3;/q;-2;-1;+3.